The Labute approximate surface area is 153 Å². The number of nitrogens with zero attached hydrogens (tertiary/aromatic N) is 1. The lowest BCUT2D eigenvalue weighted by molar-refractivity contribution is 0.102. The number of ether oxygens (including phenoxy) is 1. The highest BCUT2D eigenvalue weighted by Gasteiger charge is 2.27. The average molecular weight is 374 g/mol. The first-order valence-corrected chi connectivity index (χ1v) is 10.1. The summed E-state index contributed by atoms with van der Waals surface area (Å²) >= 11 is 0. The van der Waals surface area contributed by atoms with Gasteiger partial charge in [-0.15, -0.1) is 0 Å². The van der Waals surface area contributed by atoms with Crippen LogP contribution in [-0.2, 0) is 10.0 Å². The number of hydrogen-bond donors (Lipinski definition) is 1. The number of benzene rings is 2. The Balaban J connectivity index is 1.77. The van der Waals surface area contributed by atoms with Crippen LogP contribution in [0.2, 0.25) is 0 Å². The predicted octanol–water partition coefficient (Wildman–Crippen LogP) is 3.19. The van der Waals surface area contributed by atoms with Crippen LogP contribution in [0.4, 0.5) is 11.4 Å². The van der Waals surface area contributed by atoms with E-state index in [2.05, 4.69) is 5.32 Å². The summed E-state index contributed by atoms with van der Waals surface area (Å²) in [6, 6.07) is 12.1. The first kappa shape index (κ1) is 18.3. The van der Waals surface area contributed by atoms with Crippen molar-refractivity contribution in [2.24, 2.45) is 0 Å². The van der Waals surface area contributed by atoms with E-state index in [1.165, 1.54) is 4.31 Å². The van der Waals surface area contributed by atoms with Crippen LogP contribution >= 0.6 is 0 Å². The maximum atomic E-state index is 12.4. The fraction of sp³-hybridized carbons (Fsp3) is 0.316. The summed E-state index contributed by atoms with van der Waals surface area (Å²) in [6.07, 6.45) is 1.56. The Kier molecular flexibility index (Phi) is 5.18. The first-order valence-electron chi connectivity index (χ1n) is 8.47. The van der Waals surface area contributed by atoms with Gasteiger partial charge in [-0.05, 0) is 67.8 Å². The quantitative estimate of drug-likeness (QED) is 0.892. The Hall–Kier alpha value is -2.54. The van der Waals surface area contributed by atoms with Crippen molar-refractivity contribution in [3.8, 4) is 5.75 Å². The van der Waals surface area contributed by atoms with Gasteiger partial charge in [0.25, 0.3) is 5.91 Å². The van der Waals surface area contributed by atoms with Gasteiger partial charge in [-0.3, -0.25) is 9.10 Å². The highest BCUT2D eigenvalue weighted by molar-refractivity contribution is 7.92. The molecule has 0 bridgehead atoms. The van der Waals surface area contributed by atoms with Crippen LogP contribution in [0.3, 0.4) is 0 Å². The molecule has 0 aromatic heterocycles. The summed E-state index contributed by atoms with van der Waals surface area (Å²) in [5.74, 6) is 0.637. The molecule has 0 spiro atoms. The number of sulfonamides is 1. The zero-order valence-corrected chi connectivity index (χ0v) is 15.7. The third kappa shape index (κ3) is 3.83. The molecule has 1 aliphatic rings. The van der Waals surface area contributed by atoms with Gasteiger partial charge in [0.1, 0.15) is 5.75 Å². The molecule has 26 heavy (non-hydrogen) atoms. The number of carbonyl (C=O) groups excluding carboxylic acids is 1. The lowest BCUT2D eigenvalue weighted by Gasteiger charge is -2.29. The summed E-state index contributed by atoms with van der Waals surface area (Å²) in [7, 11) is -1.68. The van der Waals surface area contributed by atoms with Crippen molar-refractivity contribution >= 4 is 27.3 Å². The van der Waals surface area contributed by atoms with E-state index >= 15 is 0 Å². The lowest BCUT2D eigenvalue weighted by Crippen LogP contribution is -2.38. The smallest absolute Gasteiger partial charge is 0.255 e. The predicted molar refractivity (Wildman–Crippen MR) is 102 cm³/mol. The van der Waals surface area contributed by atoms with Gasteiger partial charge in [0.15, 0.2) is 0 Å². The molecule has 6 nitrogen and oxygen atoms in total. The van der Waals surface area contributed by atoms with Crippen molar-refractivity contribution in [1.29, 1.82) is 0 Å². The molecule has 1 N–H and O–H groups in total. The highest BCUT2D eigenvalue weighted by Crippen LogP contribution is 2.29. The normalized spacial score (nSPS) is 16.2. The number of anilines is 2. The van der Waals surface area contributed by atoms with Crippen LogP contribution in [0.1, 0.15) is 28.8 Å². The minimum Gasteiger partial charge on any atom is -0.497 e. The van der Waals surface area contributed by atoms with Crippen molar-refractivity contribution in [3.05, 3.63) is 53.6 Å². The Morgan fingerprint density at radius 2 is 1.85 bits per heavy atom. The number of amides is 1. The summed E-state index contributed by atoms with van der Waals surface area (Å²) in [4.78, 5) is 12.4. The van der Waals surface area contributed by atoms with Crippen molar-refractivity contribution in [1.82, 2.24) is 0 Å². The molecular formula is C19H22N2O4S. The molecule has 0 saturated carbocycles. The molecule has 1 fully saturated rings. The van der Waals surface area contributed by atoms with Gasteiger partial charge in [0, 0.05) is 17.8 Å². The third-order valence-corrected chi connectivity index (χ3v) is 6.28. The highest BCUT2D eigenvalue weighted by atomic mass is 32.2. The SMILES string of the molecule is COc1ccc(C(=O)Nc2ccc(N3CCCCS3(=O)=O)c(C)c2)cc1. The molecule has 2 aromatic carbocycles. The average Bonchev–Trinajstić information content (AvgIpc) is 2.62. The molecule has 3 rings (SSSR count). The van der Waals surface area contributed by atoms with Gasteiger partial charge in [-0.25, -0.2) is 8.42 Å². The number of rotatable bonds is 4. The van der Waals surface area contributed by atoms with E-state index in [1.807, 2.05) is 6.92 Å². The first-order chi connectivity index (χ1) is 12.4. The van der Waals surface area contributed by atoms with Crippen LogP contribution in [-0.4, -0.2) is 33.7 Å². The minimum atomic E-state index is -3.25. The van der Waals surface area contributed by atoms with Crippen LogP contribution < -0.4 is 14.4 Å². The molecule has 138 valence electrons. The molecule has 1 saturated heterocycles. The second kappa shape index (κ2) is 7.37. The molecule has 1 heterocycles. The second-order valence-corrected chi connectivity index (χ2v) is 8.29. The monoisotopic (exact) mass is 374 g/mol. The van der Waals surface area contributed by atoms with Crippen LogP contribution in [0, 0.1) is 6.92 Å². The van der Waals surface area contributed by atoms with Gasteiger partial charge >= 0.3 is 0 Å². The largest absolute Gasteiger partial charge is 0.497 e. The maximum absolute atomic E-state index is 12.4. The van der Waals surface area contributed by atoms with Crippen molar-refractivity contribution in [3.63, 3.8) is 0 Å². The molecule has 1 amide bonds. The maximum Gasteiger partial charge on any atom is 0.255 e. The Morgan fingerprint density at radius 3 is 2.46 bits per heavy atom. The van der Waals surface area contributed by atoms with E-state index in [-0.39, 0.29) is 11.7 Å². The topological polar surface area (TPSA) is 75.7 Å². The number of aryl methyl sites for hydroxylation is 1. The van der Waals surface area contributed by atoms with E-state index in [4.69, 9.17) is 4.74 Å². The zero-order valence-electron chi connectivity index (χ0n) is 14.9. The van der Waals surface area contributed by atoms with E-state index in [0.29, 0.717) is 35.7 Å². The molecule has 0 radical (unpaired) electrons. The zero-order chi connectivity index (χ0) is 18.7. The fourth-order valence-corrected chi connectivity index (χ4v) is 4.72. The molecule has 1 aliphatic heterocycles. The fourth-order valence-electron chi connectivity index (χ4n) is 3.02. The van der Waals surface area contributed by atoms with E-state index in [9.17, 15) is 13.2 Å². The standard InChI is InChI=1S/C19H22N2O4S/c1-14-13-16(20-19(22)15-5-8-17(25-2)9-6-15)7-10-18(14)21-11-3-4-12-26(21,23)24/h5-10,13H,3-4,11-12H2,1-2H3,(H,20,22). The molecule has 0 unspecified atom stereocenters. The van der Waals surface area contributed by atoms with Crippen molar-refractivity contribution in [2.45, 2.75) is 19.8 Å². The molecule has 2 aromatic rings. The van der Waals surface area contributed by atoms with Crippen LogP contribution in [0.5, 0.6) is 5.75 Å². The number of carbonyl (C=O) groups is 1. The second-order valence-electron chi connectivity index (χ2n) is 6.28. The summed E-state index contributed by atoms with van der Waals surface area (Å²) in [5.41, 5.74) is 2.63. The Morgan fingerprint density at radius 1 is 1.12 bits per heavy atom. The number of methoxy groups -OCH3 is 1. The van der Waals surface area contributed by atoms with Gasteiger partial charge in [-0.2, -0.15) is 0 Å². The Bertz CT molecular complexity index is 908. The van der Waals surface area contributed by atoms with Gasteiger partial charge in [-0.1, -0.05) is 0 Å². The number of nitrogens with one attached hydrogen (secondary N) is 1. The molecule has 7 heteroatoms. The van der Waals surface area contributed by atoms with Crippen molar-refractivity contribution < 1.29 is 17.9 Å². The van der Waals surface area contributed by atoms with Crippen LogP contribution in [0.25, 0.3) is 0 Å². The van der Waals surface area contributed by atoms with E-state index in [1.54, 1.807) is 49.6 Å². The molecular weight excluding hydrogens is 352 g/mol. The number of hydrogen-bond acceptors (Lipinski definition) is 4. The lowest BCUT2D eigenvalue weighted by atomic mass is 10.1. The third-order valence-electron chi connectivity index (χ3n) is 4.42. The van der Waals surface area contributed by atoms with Gasteiger partial charge < -0.3 is 10.1 Å². The van der Waals surface area contributed by atoms with Gasteiger partial charge in [0.05, 0.1) is 18.6 Å². The van der Waals surface area contributed by atoms with E-state index < -0.39 is 10.0 Å². The van der Waals surface area contributed by atoms with Gasteiger partial charge in [0.2, 0.25) is 10.0 Å². The van der Waals surface area contributed by atoms with Crippen LogP contribution in [0.15, 0.2) is 42.5 Å². The van der Waals surface area contributed by atoms with E-state index in [0.717, 1.165) is 12.0 Å². The molecule has 0 atom stereocenters. The summed E-state index contributed by atoms with van der Waals surface area (Å²) < 4.78 is 31.1. The molecule has 0 aliphatic carbocycles. The minimum absolute atomic E-state index is 0.183. The summed E-state index contributed by atoms with van der Waals surface area (Å²) in [5, 5.41) is 2.84. The van der Waals surface area contributed by atoms with Crippen molar-refractivity contribution in [2.75, 3.05) is 29.0 Å². The summed E-state index contributed by atoms with van der Waals surface area (Å²) in [6.45, 7) is 2.35.